The van der Waals surface area contributed by atoms with E-state index in [2.05, 4.69) is 10.4 Å². The fraction of sp³-hybridized carbons (Fsp3) is 0.400. The molecule has 5 heteroatoms. The highest BCUT2D eigenvalue weighted by molar-refractivity contribution is 5.85. The molecule has 60 valence electrons. The van der Waals surface area contributed by atoms with Crippen LogP contribution in [-0.4, -0.2) is 16.8 Å². The lowest BCUT2D eigenvalue weighted by atomic mass is 10.6. The summed E-state index contributed by atoms with van der Waals surface area (Å²) in [5.41, 5.74) is 0. The van der Waals surface area contributed by atoms with Gasteiger partial charge in [-0.3, -0.25) is 4.68 Å². The van der Waals surface area contributed by atoms with E-state index in [0.29, 0.717) is 0 Å². The molecule has 0 aliphatic carbocycles. The maximum absolute atomic E-state index is 3.94. The first-order valence-electron chi connectivity index (χ1n) is 2.50. The molecular weight excluding hydrogens is 173 g/mol. The molecule has 0 saturated heterocycles. The van der Waals surface area contributed by atoms with Gasteiger partial charge < -0.3 is 5.32 Å². The Morgan fingerprint density at radius 3 is 2.30 bits per heavy atom. The molecule has 0 amide bonds. The number of aromatic nitrogens is 2. The molecule has 0 unspecified atom stereocenters. The highest BCUT2D eigenvalue weighted by Crippen LogP contribution is 1.99. The monoisotopic (exact) mass is 183 g/mol. The van der Waals surface area contributed by atoms with E-state index < -0.39 is 0 Å². The van der Waals surface area contributed by atoms with Crippen LogP contribution in [-0.2, 0) is 7.05 Å². The first-order chi connectivity index (χ1) is 3.84. The summed E-state index contributed by atoms with van der Waals surface area (Å²) in [5.74, 6) is 1.03. The van der Waals surface area contributed by atoms with Gasteiger partial charge in [0, 0.05) is 20.2 Å². The lowest BCUT2D eigenvalue weighted by Gasteiger charge is -1.96. The van der Waals surface area contributed by atoms with Crippen molar-refractivity contribution in [3.63, 3.8) is 0 Å². The maximum Gasteiger partial charge on any atom is 0.123 e. The van der Waals surface area contributed by atoms with Crippen molar-refractivity contribution in [1.82, 2.24) is 9.78 Å². The Balaban J connectivity index is 0. The van der Waals surface area contributed by atoms with Gasteiger partial charge in [0.05, 0.1) is 6.20 Å². The Kier molecular flexibility index (Phi) is 6.61. The number of aryl methyl sites for hydroxylation is 1. The summed E-state index contributed by atoms with van der Waals surface area (Å²) in [5, 5.41) is 6.92. The molecule has 0 radical (unpaired) electrons. The van der Waals surface area contributed by atoms with Crippen LogP contribution in [0, 0.1) is 0 Å². The normalized spacial score (nSPS) is 7.40. The largest absolute Gasteiger partial charge is 0.373 e. The van der Waals surface area contributed by atoms with Crippen molar-refractivity contribution in [2.24, 2.45) is 7.05 Å². The summed E-state index contributed by atoms with van der Waals surface area (Å²) in [6.07, 6.45) is 1.76. The Morgan fingerprint density at radius 2 is 2.10 bits per heavy atom. The van der Waals surface area contributed by atoms with Crippen molar-refractivity contribution < 1.29 is 0 Å². The predicted octanol–water partition coefficient (Wildman–Crippen LogP) is 1.31. The van der Waals surface area contributed by atoms with Crippen LogP contribution in [0.3, 0.4) is 0 Å². The van der Waals surface area contributed by atoms with Crippen LogP contribution in [0.15, 0.2) is 12.3 Å². The van der Waals surface area contributed by atoms with E-state index in [1.54, 1.807) is 10.9 Å². The second kappa shape index (κ2) is 5.38. The fourth-order valence-corrected chi connectivity index (χ4v) is 0.619. The zero-order chi connectivity index (χ0) is 5.98. The minimum Gasteiger partial charge on any atom is -0.373 e. The molecule has 0 spiro atoms. The number of rotatable bonds is 1. The summed E-state index contributed by atoms with van der Waals surface area (Å²) in [6.45, 7) is 0. The molecule has 10 heavy (non-hydrogen) atoms. The zero-order valence-electron chi connectivity index (χ0n) is 5.87. The Labute approximate surface area is 72.6 Å². The van der Waals surface area contributed by atoms with E-state index >= 15 is 0 Å². The average Bonchev–Trinajstić information content (AvgIpc) is 2.14. The Bertz CT molecular complexity index is 175. The summed E-state index contributed by atoms with van der Waals surface area (Å²) in [6, 6.07) is 1.92. The van der Waals surface area contributed by atoms with E-state index in [1.807, 2.05) is 20.2 Å². The van der Waals surface area contributed by atoms with Gasteiger partial charge in [0.2, 0.25) is 0 Å². The van der Waals surface area contributed by atoms with Gasteiger partial charge in [-0.2, -0.15) is 5.10 Å². The molecule has 3 nitrogen and oxygen atoms in total. The quantitative estimate of drug-likeness (QED) is 0.712. The summed E-state index contributed by atoms with van der Waals surface area (Å²) >= 11 is 0. The van der Waals surface area contributed by atoms with Gasteiger partial charge in [-0.25, -0.2) is 0 Å². The van der Waals surface area contributed by atoms with Gasteiger partial charge in [-0.05, 0) is 0 Å². The third kappa shape index (κ3) is 2.45. The summed E-state index contributed by atoms with van der Waals surface area (Å²) in [4.78, 5) is 0. The molecule has 1 rings (SSSR count). The topological polar surface area (TPSA) is 29.9 Å². The van der Waals surface area contributed by atoms with Gasteiger partial charge in [0.15, 0.2) is 0 Å². The minimum atomic E-state index is 0. The van der Waals surface area contributed by atoms with Crippen LogP contribution >= 0.6 is 24.8 Å². The molecule has 0 atom stereocenters. The zero-order valence-corrected chi connectivity index (χ0v) is 7.50. The van der Waals surface area contributed by atoms with Crippen LogP contribution in [0.2, 0.25) is 0 Å². The Hall–Kier alpha value is -0.410. The smallest absolute Gasteiger partial charge is 0.123 e. The number of halogens is 2. The van der Waals surface area contributed by atoms with Crippen LogP contribution in [0.1, 0.15) is 0 Å². The molecule has 0 aliphatic rings. The SMILES string of the molecule is CNc1ccnn1C.Cl.Cl. The number of nitrogens with one attached hydrogen (secondary N) is 1. The van der Waals surface area contributed by atoms with E-state index in [4.69, 9.17) is 0 Å². The lowest BCUT2D eigenvalue weighted by Crippen LogP contribution is -1.97. The predicted molar refractivity (Wildman–Crippen MR) is 47.3 cm³/mol. The van der Waals surface area contributed by atoms with Gasteiger partial charge in [0.25, 0.3) is 0 Å². The second-order valence-corrected chi connectivity index (χ2v) is 1.59. The highest BCUT2D eigenvalue weighted by Gasteiger charge is 1.88. The van der Waals surface area contributed by atoms with Crippen molar-refractivity contribution in [3.05, 3.63) is 12.3 Å². The summed E-state index contributed by atoms with van der Waals surface area (Å²) in [7, 11) is 3.77. The van der Waals surface area contributed by atoms with Crippen molar-refractivity contribution in [3.8, 4) is 0 Å². The number of nitrogens with zero attached hydrogens (tertiary/aromatic N) is 2. The minimum absolute atomic E-state index is 0. The molecule has 1 aromatic heterocycles. The molecule has 1 N–H and O–H groups in total. The van der Waals surface area contributed by atoms with Crippen LogP contribution in [0.25, 0.3) is 0 Å². The van der Waals surface area contributed by atoms with Crippen LogP contribution < -0.4 is 5.32 Å². The Morgan fingerprint density at radius 1 is 1.50 bits per heavy atom. The molecule has 1 aromatic rings. The third-order valence-electron chi connectivity index (χ3n) is 1.08. The molecule has 1 heterocycles. The van der Waals surface area contributed by atoms with Gasteiger partial charge in [0.1, 0.15) is 5.82 Å². The fourth-order valence-electron chi connectivity index (χ4n) is 0.619. The summed E-state index contributed by atoms with van der Waals surface area (Å²) < 4.78 is 1.78. The molecule has 0 fully saturated rings. The van der Waals surface area contributed by atoms with Gasteiger partial charge in [-0.15, -0.1) is 24.8 Å². The first-order valence-corrected chi connectivity index (χ1v) is 2.50. The molecule has 0 aliphatic heterocycles. The van der Waals surface area contributed by atoms with Crippen molar-refractivity contribution in [1.29, 1.82) is 0 Å². The molecule has 0 saturated carbocycles. The number of anilines is 1. The first kappa shape index (κ1) is 12.3. The molecule has 0 bridgehead atoms. The maximum atomic E-state index is 3.94. The standard InChI is InChI=1S/C5H9N3.2ClH/c1-6-5-3-4-7-8(5)2;;/h3-4,6H,1-2H3;2*1H. The van der Waals surface area contributed by atoms with Gasteiger partial charge in [-0.1, -0.05) is 0 Å². The second-order valence-electron chi connectivity index (χ2n) is 1.59. The van der Waals surface area contributed by atoms with E-state index in [-0.39, 0.29) is 24.8 Å². The van der Waals surface area contributed by atoms with Crippen LogP contribution in [0.4, 0.5) is 5.82 Å². The van der Waals surface area contributed by atoms with Crippen molar-refractivity contribution >= 4 is 30.6 Å². The lowest BCUT2D eigenvalue weighted by molar-refractivity contribution is 0.775. The van der Waals surface area contributed by atoms with E-state index in [1.165, 1.54) is 0 Å². The van der Waals surface area contributed by atoms with Crippen LogP contribution in [0.5, 0.6) is 0 Å². The number of hydrogen-bond donors (Lipinski definition) is 1. The number of hydrogen-bond acceptors (Lipinski definition) is 2. The van der Waals surface area contributed by atoms with E-state index in [9.17, 15) is 0 Å². The van der Waals surface area contributed by atoms with Gasteiger partial charge >= 0.3 is 0 Å². The van der Waals surface area contributed by atoms with Crippen molar-refractivity contribution in [2.45, 2.75) is 0 Å². The van der Waals surface area contributed by atoms with Crippen molar-refractivity contribution in [2.75, 3.05) is 12.4 Å². The molecular formula is C5H11Cl2N3. The van der Waals surface area contributed by atoms with E-state index in [0.717, 1.165) is 5.82 Å². The average molecular weight is 184 g/mol. The highest BCUT2D eigenvalue weighted by atomic mass is 35.5. The third-order valence-corrected chi connectivity index (χ3v) is 1.08. The molecule has 0 aromatic carbocycles.